The number of sulfonamides is 1. The van der Waals surface area contributed by atoms with E-state index in [1.807, 2.05) is 11.9 Å². The maximum Gasteiger partial charge on any atom is 0.245 e. The van der Waals surface area contributed by atoms with Gasteiger partial charge in [-0.15, -0.1) is 6.58 Å². The summed E-state index contributed by atoms with van der Waals surface area (Å²) in [5, 5.41) is 0.428. The molecule has 0 N–H and O–H groups in total. The van der Waals surface area contributed by atoms with Crippen LogP contribution in [-0.4, -0.2) is 96.6 Å². The van der Waals surface area contributed by atoms with Crippen molar-refractivity contribution in [1.29, 1.82) is 0 Å². The Kier molecular flexibility index (Phi) is 7.15. The Morgan fingerprint density at radius 3 is 2.31 bits per heavy atom. The fraction of sp³-hybridized carbons (Fsp3) is 0.600. The van der Waals surface area contributed by atoms with E-state index in [0.29, 0.717) is 38.8 Å². The zero-order chi connectivity index (χ0) is 25.8. The third-order valence-electron chi connectivity index (χ3n) is 8.25. The largest absolute Gasteiger partial charge is 0.338 e. The van der Waals surface area contributed by atoms with Gasteiger partial charge in [0.05, 0.1) is 4.90 Å². The molecule has 2 bridgehead atoms. The number of amides is 2. The molecule has 4 aliphatic rings. The van der Waals surface area contributed by atoms with E-state index in [-0.39, 0.29) is 38.7 Å². The Balaban J connectivity index is 1.53. The van der Waals surface area contributed by atoms with Crippen molar-refractivity contribution in [3.63, 3.8) is 0 Å². The van der Waals surface area contributed by atoms with Gasteiger partial charge in [-0.3, -0.25) is 9.59 Å². The van der Waals surface area contributed by atoms with Crippen molar-refractivity contribution in [3.05, 3.63) is 40.9 Å². The average Bonchev–Trinajstić information content (AvgIpc) is 3.26. The number of likely N-dealkylation sites (N-methyl/N-ethyl adjacent to an activating group) is 1. The summed E-state index contributed by atoms with van der Waals surface area (Å²) in [6.45, 7) is 6.89. The third kappa shape index (κ3) is 4.36. The van der Waals surface area contributed by atoms with Crippen molar-refractivity contribution in [3.8, 4) is 0 Å². The lowest BCUT2D eigenvalue weighted by molar-refractivity contribution is -0.148. The van der Waals surface area contributed by atoms with E-state index in [9.17, 15) is 18.0 Å². The van der Waals surface area contributed by atoms with Crippen LogP contribution in [0.15, 0.2) is 35.7 Å². The number of piperidine rings is 1. The molecule has 2 amide bonds. The highest BCUT2D eigenvalue weighted by Gasteiger charge is 2.57. The first-order chi connectivity index (χ1) is 17.1. The summed E-state index contributed by atoms with van der Waals surface area (Å²) in [6.07, 6.45) is 4.76. The SMILES string of the molecule is C=C[C@H]1[C@@H]2CC[C@@H](C(=O)N3CCN(C)CC3)N2C(=O)C2CCC[C@@H]1N2S(=O)(=O)c1cc(Cl)cc(Cl)c1. The summed E-state index contributed by atoms with van der Waals surface area (Å²) < 4.78 is 29.4. The fourth-order valence-electron chi connectivity index (χ4n) is 6.50. The lowest BCUT2D eigenvalue weighted by Gasteiger charge is -2.41. The van der Waals surface area contributed by atoms with Crippen molar-refractivity contribution >= 4 is 45.0 Å². The molecule has 0 spiro atoms. The normalized spacial score (nSPS) is 31.8. The van der Waals surface area contributed by atoms with Gasteiger partial charge in [0, 0.05) is 54.2 Å². The highest BCUT2D eigenvalue weighted by Crippen LogP contribution is 2.44. The maximum absolute atomic E-state index is 14.1. The Morgan fingerprint density at radius 1 is 1.00 bits per heavy atom. The van der Waals surface area contributed by atoms with Crippen LogP contribution in [-0.2, 0) is 19.6 Å². The first kappa shape index (κ1) is 26.0. The predicted octanol–water partition coefficient (Wildman–Crippen LogP) is 2.85. The zero-order valence-corrected chi connectivity index (χ0v) is 22.7. The summed E-state index contributed by atoms with van der Waals surface area (Å²) >= 11 is 12.3. The van der Waals surface area contributed by atoms with Gasteiger partial charge in [0.25, 0.3) is 0 Å². The summed E-state index contributed by atoms with van der Waals surface area (Å²) in [7, 11) is -2.06. The molecule has 0 radical (unpaired) electrons. The smallest absolute Gasteiger partial charge is 0.245 e. The number of hydrogen-bond acceptors (Lipinski definition) is 5. The topological polar surface area (TPSA) is 81.2 Å². The van der Waals surface area contributed by atoms with Gasteiger partial charge in [0.2, 0.25) is 21.8 Å². The van der Waals surface area contributed by atoms with Gasteiger partial charge in [-0.05, 0) is 57.4 Å². The Labute approximate surface area is 222 Å². The lowest BCUT2D eigenvalue weighted by atomic mass is 9.85. The minimum Gasteiger partial charge on any atom is -0.338 e. The average molecular weight is 556 g/mol. The van der Waals surface area contributed by atoms with Gasteiger partial charge in [0.15, 0.2) is 0 Å². The van der Waals surface area contributed by atoms with Gasteiger partial charge < -0.3 is 14.7 Å². The van der Waals surface area contributed by atoms with E-state index < -0.39 is 28.1 Å². The molecular formula is C25H32Cl2N4O4S. The van der Waals surface area contributed by atoms with E-state index in [4.69, 9.17) is 23.2 Å². The van der Waals surface area contributed by atoms with Crippen molar-refractivity contribution in [2.75, 3.05) is 33.2 Å². The van der Waals surface area contributed by atoms with Crippen molar-refractivity contribution in [2.45, 2.75) is 61.2 Å². The van der Waals surface area contributed by atoms with Crippen LogP contribution in [0.5, 0.6) is 0 Å². The predicted molar refractivity (Wildman–Crippen MR) is 138 cm³/mol. The Bertz CT molecular complexity index is 1150. The zero-order valence-electron chi connectivity index (χ0n) is 20.4. The van der Waals surface area contributed by atoms with E-state index in [0.717, 1.165) is 19.5 Å². The van der Waals surface area contributed by atoms with Crippen molar-refractivity contribution in [1.82, 2.24) is 19.0 Å². The molecule has 0 aliphatic carbocycles. The van der Waals surface area contributed by atoms with Gasteiger partial charge in [-0.25, -0.2) is 8.42 Å². The van der Waals surface area contributed by atoms with Crippen LogP contribution in [0, 0.1) is 5.92 Å². The molecule has 4 aliphatic heterocycles. The second kappa shape index (κ2) is 9.91. The molecular weight excluding hydrogens is 523 g/mol. The van der Waals surface area contributed by atoms with Gasteiger partial charge in [-0.2, -0.15) is 4.31 Å². The van der Waals surface area contributed by atoms with E-state index >= 15 is 0 Å². The molecule has 5 atom stereocenters. The van der Waals surface area contributed by atoms with Gasteiger partial charge in [-0.1, -0.05) is 29.3 Å². The molecule has 1 aromatic carbocycles. The van der Waals surface area contributed by atoms with Crippen molar-refractivity contribution in [2.24, 2.45) is 5.92 Å². The van der Waals surface area contributed by atoms with Gasteiger partial charge >= 0.3 is 0 Å². The molecule has 5 rings (SSSR count). The van der Waals surface area contributed by atoms with E-state index in [1.165, 1.54) is 22.5 Å². The van der Waals surface area contributed by atoms with Crippen LogP contribution in [0.1, 0.15) is 32.1 Å². The molecule has 36 heavy (non-hydrogen) atoms. The molecule has 11 heteroatoms. The van der Waals surface area contributed by atoms with Crippen LogP contribution in [0.25, 0.3) is 0 Å². The van der Waals surface area contributed by atoms with Crippen LogP contribution >= 0.6 is 23.2 Å². The maximum atomic E-state index is 14.1. The van der Waals surface area contributed by atoms with E-state index in [2.05, 4.69) is 11.5 Å². The summed E-state index contributed by atoms with van der Waals surface area (Å²) in [5.41, 5.74) is 0. The number of rotatable bonds is 4. The number of fused-ring (bicyclic) bond motifs is 3. The number of piperazine rings is 1. The quantitative estimate of drug-likeness (QED) is 0.534. The first-order valence-electron chi connectivity index (χ1n) is 12.5. The number of benzene rings is 1. The summed E-state index contributed by atoms with van der Waals surface area (Å²) in [5.74, 6) is -0.598. The number of nitrogens with zero attached hydrogens (tertiary/aromatic N) is 4. The number of carbonyl (C=O) groups excluding carboxylic acids is 2. The molecule has 0 aromatic heterocycles. The van der Waals surface area contributed by atoms with Crippen LogP contribution < -0.4 is 0 Å². The van der Waals surface area contributed by atoms with Crippen molar-refractivity contribution < 1.29 is 18.0 Å². The highest BCUT2D eigenvalue weighted by atomic mass is 35.5. The second-order valence-electron chi connectivity index (χ2n) is 10.3. The molecule has 4 heterocycles. The molecule has 196 valence electrons. The molecule has 1 unspecified atom stereocenters. The second-order valence-corrected chi connectivity index (χ2v) is 13.0. The molecule has 4 saturated heterocycles. The van der Waals surface area contributed by atoms with Gasteiger partial charge in [0.1, 0.15) is 12.1 Å². The third-order valence-corrected chi connectivity index (χ3v) is 10.6. The Hall–Kier alpha value is -1.65. The standard InChI is InChI=1S/C25H32Cl2N4O4S/c1-3-19-20-7-8-22(24(32)29-11-9-28(2)10-12-29)30(20)25(33)23-6-4-5-21(19)31(23)36(34,35)18-14-16(26)13-17(27)15-18/h3,13-15,19-23H,1,4-12H2,2H3/t19-,20-,21-,22-,23?/m0/s1. The highest BCUT2D eigenvalue weighted by molar-refractivity contribution is 7.89. The van der Waals surface area contributed by atoms with Crippen LogP contribution in [0.2, 0.25) is 10.0 Å². The Morgan fingerprint density at radius 2 is 1.67 bits per heavy atom. The minimum atomic E-state index is -4.09. The van der Waals surface area contributed by atoms with E-state index in [1.54, 1.807) is 11.0 Å². The lowest BCUT2D eigenvalue weighted by Crippen LogP contribution is -2.58. The molecule has 0 saturated carbocycles. The first-order valence-corrected chi connectivity index (χ1v) is 14.7. The molecule has 8 nitrogen and oxygen atoms in total. The van der Waals surface area contributed by atoms with Crippen LogP contribution in [0.4, 0.5) is 0 Å². The monoisotopic (exact) mass is 554 g/mol. The number of carbonyl (C=O) groups is 2. The van der Waals surface area contributed by atoms with Crippen LogP contribution in [0.3, 0.4) is 0 Å². The summed E-state index contributed by atoms with van der Waals surface area (Å²) in [6, 6.07) is 2.09. The minimum absolute atomic E-state index is 0.0281. The fourth-order valence-corrected chi connectivity index (χ4v) is 9.08. The molecule has 4 fully saturated rings. The number of halogens is 2. The number of hydrogen-bond donors (Lipinski definition) is 0. The summed E-state index contributed by atoms with van der Waals surface area (Å²) in [4.78, 5) is 33.5. The molecule has 1 aromatic rings.